The van der Waals surface area contributed by atoms with Gasteiger partial charge in [-0.25, -0.2) is 0 Å². The lowest BCUT2D eigenvalue weighted by molar-refractivity contribution is 0.0996. The quantitative estimate of drug-likeness (QED) is 0.828. The Morgan fingerprint density at radius 2 is 1.63 bits per heavy atom. The number of nitrogens with one attached hydrogen (secondary N) is 1. The lowest BCUT2D eigenvalue weighted by Gasteiger charge is -2.30. The van der Waals surface area contributed by atoms with E-state index >= 15 is 0 Å². The molecule has 1 fully saturated rings. The summed E-state index contributed by atoms with van der Waals surface area (Å²) >= 11 is 0. The molecule has 3 rings (SSSR count). The molecule has 142 valence electrons. The summed E-state index contributed by atoms with van der Waals surface area (Å²) < 4.78 is 11.5. The number of nitrogens with zero attached hydrogens (tertiary/aromatic N) is 1. The van der Waals surface area contributed by atoms with Gasteiger partial charge < -0.3 is 16.0 Å². The van der Waals surface area contributed by atoms with Crippen LogP contribution in [0.5, 0.6) is 0 Å². The fourth-order valence-electron chi connectivity index (χ4n) is 3.19. The third-order valence-corrected chi connectivity index (χ3v) is 5.61. The second kappa shape index (κ2) is 8.35. The van der Waals surface area contributed by atoms with Crippen LogP contribution >= 0.6 is 0 Å². The largest absolute Gasteiger partial charge is 0.370 e. The van der Waals surface area contributed by atoms with Crippen LogP contribution in [-0.2, 0) is 10.8 Å². The van der Waals surface area contributed by atoms with Gasteiger partial charge in [-0.2, -0.15) is 0 Å². The topological polar surface area (TPSA) is 92.5 Å². The van der Waals surface area contributed by atoms with E-state index in [1.54, 1.807) is 42.7 Å². The Bertz CT molecular complexity index is 875. The number of hydrogen-bond acceptors (Lipinski definition) is 4. The molecule has 6 nitrogen and oxygen atoms in total. The Balaban J connectivity index is 1.88. The molecule has 0 bridgehead atoms. The molecule has 1 aliphatic rings. The first-order valence-electron chi connectivity index (χ1n) is 8.89. The Morgan fingerprint density at radius 1 is 1.00 bits per heavy atom. The third-order valence-electron chi connectivity index (χ3n) is 4.67. The van der Waals surface area contributed by atoms with Gasteiger partial charge in [-0.05, 0) is 61.7 Å². The molecule has 2 aromatic rings. The average molecular weight is 385 g/mol. The van der Waals surface area contributed by atoms with Crippen molar-refractivity contribution in [3.05, 3.63) is 53.6 Å². The highest BCUT2D eigenvalue weighted by Crippen LogP contribution is 2.30. The minimum atomic E-state index is -1.09. The van der Waals surface area contributed by atoms with Gasteiger partial charge in [-0.1, -0.05) is 0 Å². The molecule has 27 heavy (non-hydrogen) atoms. The van der Waals surface area contributed by atoms with Crippen molar-refractivity contribution >= 4 is 34.0 Å². The predicted octanol–water partition coefficient (Wildman–Crippen LogP) is 2.77. The summed E-state index contributed by atoms with van der Waals surface area (Å²) in [6.45, 7) is 1.82. The summed E-state index contributed by atoms with van der Waals surface area (Å²) in [7, 11) is -1.09. The summed E-state index contributed by atoms with van der Waals surface area (Å²) in [5, 5.41) is 2.90. The van der Waals surface area contributed by atoms with Crippen molar-refractivity contribution in [1.29, 1.82) is 0 Å². The van der Waals surface area contributed by atoms with Gasteiger partial charge in [0.15, 0.2) is 0 Å². The molecule has 2 amide bonds. The minimum Gasteiger partial charge on any atom is -0.370 e. The molecule has 1 heterocycles. The van der Waals surface area contributed by atoms with Gasteiger partial charge in [0.05, 0.1) is 11.4 Å². The van der Waals surface area contributed by atoms with E-state index in [4.69, 9.17) is 5.73 Å². The molecule has 1 saturated heterocycles. The maximum Gasteiger partial charge on any atom is 0.255 e. The van der Waals surface area contributed by atoms with E-state index in [1.165, 1.54) is 6.42 Å². The molecule has 1 atom stereocenters. The molecule has 1 unspecified atom stereocenters. The number of primary amides is 1. The van der Waals surface area contributed by atoms with Gasteiger partial charge in [0.2, 0.25) is 5.91 Å². The third kappa shape index (κ3) is 4.54. The van der Waals surface area contributed by atoms with E-state index < -0.39 is 16.7 Å². The van der Waals surface area contributed by atoms with Crippen LogP contribution in [0.15, 0.2) is 47.4 Å². The number of nitrogens with two attached hydrogens (primary N) is 1. The van der Waals surface area contributed by atoms with Crippen molar-refractivity contribution in [2.45, 2.75) is 24.2 Å². The molecule has 7 heteroatoms. The highest BCUT2D eigenvalue weighted by molar-refractivity contribution is 7.84. The van der Waals surface area contributed by atoms with Gasteiger partial charge in [0.25, 0.3) is 5.91 Å². The maximum atomic E-state index is 12.7. The Hall–Kier alpha value is -2.67. The van der Waals surface area contributed by atoms with Gasteiger partial charge >= 0.3 is 0 Å². The summed E-state index contributed by atoms with van der Waals surface area (Å²) in [5.41, 5.74) is 7.67. The van der Waals surface area contributed by atoms with E-state index in [0.717, 1.165) is 31.6 Å². The molecule has 0 saturated carbocycles. The van der Waals surface area contributed by atoms with Crippen LogP contribution in [0.2, 0.25) is 0 Å². The summed E-state index contributed by atoms with van der Waals surface area (Å²) in [4.78, 5) is 27.1. The number of piperidine rings is 1. The smallest absolute Gasteiger partial charge is 0.255 e. The minimum absolute atomic E-state index is 0.289. The van der Waals surface area contributed by atoms with Crippen LogP contribution in [0.4, 0.5) is 11.4 Å². The molecule has 1 aliphatic heterocycles. The van der Waals surface area contributed by atoms with Crippen LogP contribution < -0.4 is 16.0 Å². The lowest BCUT2D eigenvalue weighted by atomic mass is 10.1. The fourth-order valence-corrected chi connectivity index (χ4v) is 3.71. The fraction of sp³-hybridized carbons (Fsp3) is 0.300. The molecule has 0 aliphatic carbocycles. The van der Waals surface area contributed by atoms with Crippen molar-refractivity contribution in [3.63, 3.8) is 0 Å². The number of amides is 2. The molecule has 2 aromatic carbocycles. The first-order valence-corrected chi connectivity index (χ1v) is 10.4. The van der Waals surface area contributed by atoms with Crippen molar-refractivity contribution in [3.8, 4) is 0 Å². The number of hydrogen-bond donors (Lipinski definition) is 2. The number of rotatable bonds is 5. The van der Waals surface area contributed by atoms with Crippen molar-refractivity contribution in [2.24, 2.45) is 5.73 Å². The van der Waals surface area contributed by atoms with Gasteiger partial charge in [-0.3, -0.25) is 13.8 Å². The SMILES string of the molecule is CS(=O)c1ccc(C(=O)Nc2cc(C(N)=O)ccc2N2CCCCC2)cc1. The Labute approximate surface area is 161 Å². The molecular weight excluding hydrogens is 362 g/mol. The normalized spacial score (nSPS) is 15.2. The van der Waals surface area contributed by atoms with Gasteiger partial charge in [0, 0.05) is 46.2 Å². The zero-order valence-electron chi connectivity index (χ0n) is 15.2. The number of benzene rings is 2. The van der Waals surface area contributed by atoms with Crippen LogP contribution in [0, 0.1) is 0 Å². The molecule has 0 spiro atoms. The van der Waals surface area contributed by atoms with E-state index in [-0.39, 0.29) is 5.91 Å². The second-order valence-electron chi connectivity index (χ2n) is 6.58. The zero-order chi connectivity index (χ0) is 19.4. The lowest BCUT2D eigenvalue weighted by Crippen LogP contribution is -2.30. The number of carbonyl (C=O) groups is 2. The van der Waals surface area contributed by atoms with Crippen LogP contribution in [0.25, 0.3) is 0 Å². The van der Waals surface area contributed by atoms with Crippen molar-refractivity contribution in [1.82, 2.24) is 0 Å². The highest BCUT2D eigenvalue weighted by atomic mass is 32.2. The van der Waals surface area contributed by atoms with Crippen molar-refractivity contribution < 1.29 is 13.8 Å². The zero-order valence-corrected chi connectivity index (χ0v) is 16.1. The van der Waals surface area contributed by atoms with Gasteiger partial charge in [-0.15, -0.1) is 0 Å². The Morgan fingerprint density at radius 3 is 2.22 bits per heavy atom. The second-order valence-corrected chi connectivity index (χ2v) is 7.96. The highest BCUT2D eigenvalue weighted by Gasteiger charge is 2.18. The first kappa shape index (κ1) is 19.1. The first-order chi connectivity index (χ1) is 13.0. The predicted molar refractivity (Wildman–Crippen MR) is 108 cm³/mol. The van der Waals surface area contributed by atoms with E-state index in [1.807, 2.05) is 6.07 Å². The van der Waals surface area contributed by atoms with Crippen LogP contribution in [-0.4, -0.2) is 35.4 Å². The molecule has 3 N–H and O–H groups in total. The Kier molecular flexibility index (Phi) is 5.91. The standard InChI is InChI=1S/C20H23N3O3S/c1-27(26)16-8-5-14(6-9-16)20(25)22-17-13-15(19(21)24)7-10-18(17)23-11-3-2-4-12-23/h5-10,13H,2-4,11-12H2,1H3,(H2,21,24)(H,22,25). The van der Waals surface area contributed by atoms with Crippen LogP contribution in [0.3, 0.4) is 0 Å². The summed E-state index contributed by atoms with van der Waals surface area (Å²) in [6.07, 6.45) is 4.99. The monoisotopic (exact) mass is 385 g/mol. The number of anilines is 2. The van der Waals surface area contributed by atoms with Gasteiger partial charge in [0.1, 0.15) is 0 Å². The van der Waals surface area contributed by atoms with E-state index in [0.29, 0.717) is 21.7 Å². The van der Waals surface area contributed by atoms with Crippen molar-refractivity contribution in [2.75, 3.05) is 29.6 Å². The molecule has 0 aromatic heterocycles. The summed E-state index contributed by atoms with van der Waals surface area (Å²) in [5.74, 6) is -0.825. The number of carbonyl (C=O) groups excluding carboxylic acids is 2. The van der Waals surface area contributed by atoms with E-state index in [2.05, 4.69) is 10.2 Å². The summed E-state index contributed by atoms with van der Waals surface area (Å²) in [6, 6.07) is 11.8. The van der Waals surface area contributed by atoms with E-state index in [9.17, 15) is 13.8 Å². The maximum absolute atomic E-state index is 12.7. The molecular formula is C20H23N3O3S. The average Bonchev–Trinajstić information content (AvgIpc) is 2.68. The molecule has 0 radical (unpaired) electrons. The van der Waals surface area contributed by atoms with Crippen LogP contribution in [0.1, 0.15) is 40.0 Å².